The average molecular weight is 582 g/mol. The highest BCUT2D eigenvalue weighted by Crippen LogP contribution is 2.30. The molecule has 0 saturated carbocycles. The lowest BCUT2D eigenvalue weighted by Crippen LogP contribution is -2.39. The number of sulfonamides is 1. The van der Waals surface area contributed by atoms with Crippen LogP contribution in [0.4, 0.5) is 5.69 Å². The van der Waals surface area contributed by atoms with Crippen LogP contribution >= 0.6 is 23.2 Å². The molecule has 0 unspecified atom stereocenters. The highest BCUT2D eigenvalue weighted by atomic mass is 35.5. The molecular weight excluding hydrogens is 561 g/mol. The molecule has 8 nitrogen and oxygen atoms in total. The molecule has 198 valence electrons. The van der Waals surface area contributed by atoms with Gasteiger partial charge in [0.2, 0.25) is 0 Å². The summed E-state index contributed by atoms with van der Waals surface area (Å²) < 4.78 is 33.0. The summed E-state index contributed by atoms with van der Waals surface area (Å²) in [6.45, 7) is -0.569. The van der Waals surface area contributed by atoms with Crippen LogP contribution in [0.25, 0.3) is 0 Å². The predicted molar refractivity (Wildman–Crippen MR) is 151 cm³/mol. The number of amides is 1. The van der Waals surface area contributed by atoms with E-state index in [9.17, 15) is 18.0 Å². The zero-order chi connectivity index (χ0) is 27.8. The number of carbonyl (C=O) groups excluding carboxylic acids is 2. The number of hydrogen-bond acceptors (Lipinski definition) is 6. The molecule has 0 heterocycles. The molecule has 1 amide bonds. The van der Waals surface area contributed by atoms with E-state index in [4.69, 9.17) is 27.9 Å². The quantitative estimate of drug-likeness (QED) is 0.121. The Kier molecular flexibility index (Phi) is 8.98. The maximum Gasteiger partial charge on any atom is 0.343 e. The highest BCUT2D eigenvalue weighted by molar-refractivity contribution is 7.92. The molecule has 0 aliphatic carbocycles. The summed E-state index contributed by atoms with van der Waals surface area (Å²) in [7, 11) is -4.11. The van der Waals surface area contributed by atoms with Gasteiger partial charge < -0.3 is 4.74 Å². The molecule has 0 bridgehead atoms. The molecule has 0 radical (unpaired) electrons. The van der Waals surface area contributed by atoms with E-state index in [0.29, 0.717) is 16.9 Å². The van der Waals surface area contributed by atoms with Crippen molar-refractivity contribution in [2.75, 3.05) is 10.8 Å². The second-order valence-electron chi connectivity index (χ2n) is 8.04. The van der Waals surface area contributed by atoms with Gasteiger partial charge in [0.15, 0.2) is 0 Å². The van der Waals surface area contributed by atoms with Crippen LogP contribution in [0, 0.1) is 0 Å². The molecule has 0 aliphatic rings. The fourth-order valence-corrected chi connectivity index (χ4v) is 5.11. The van der Waals surface area contributed by atoms with Crippen LogP contribution < -0.4 is 14.5 Å². The average Bonchev–Trinajstić information content (AvgIpc) is 2.95. The third-order valence-corrected chi connectivity index (χ3v) is 7.84. The molecule has 39 heavy (non-hydrogen) atoms. The van der Waals surface area contributed by atoms with E-state index in [1.165, 1.54) is 36.5 Å². The zero-order valence-electron chi connectivity index (χ0n) is 20.2. The Balaban J connectivity index is 1.43. The van der Waals surface area contributed by atoms with Gasteiger partial charge in [-0.25, -0.2) is 18.6 Å². The second-order valence-corrected chi connectivity index (χ2v) is 10.7. The Labute approximate surface area is 235 Å². The predicted octanol–water partition coefficient (Wildman–Crippen LogP) is 5.56. The first-order valence-electron chi connectivity index (χ1n) is 11.5. The normalized spacial score (nSPS) is 11.2. The SMILES string of the molecule is O=C(CN(c1ccc(Cl)c(Cl)c1)S(=O)(=O)c1ccccc1)N/N=C\c1ccc(OC(=O)c2ccccc2)cc1. The largest absolute Gasteiger partial charge is 0.423 e. The highest BCUT2D eigenvalue weighted by Gasteiger charge is 2.27. The van der Waals surface area contributed by atoms with Crippen LogP contribution in [-0.2, 0) is 14.8 Å². The van der Waals surface area contributed by atoms with E-state index in [-0.39, 0.29) is 20.6 Å². The number of esters is 1. The summed E-state index contributed by atoms with van der Waals surface area (Å²) in [6.07, 6.45) is 1.37. The van der Waals surface area contributed by atoms with E-state index in [0.717, 1.165) is 4.31 Å². The lowest BCUT2D eigenvalue weighted by atomic mass is 10.2. The molecule has 4 aromatic rings. The van der Waals surface area contributed by atoms with Gasteiger partial charge in [-0.05, 0) is 72.3 Å². The number of ether oxygens (including phenoxy) is 1. The van der Waals surface area contributed by atoms with E-state index in [2.05, 4.69) is 10.5 Å². The van der Waals surface area contributed by atoms with Gasteiger partial charge in [-0.3, -0.25) is 9.10 Å². The van der Waals surface area contributed by atoms with Gasteiger partial charge in [-0.2, -0.15) is 5.10 Å². The first-order chi connectivity index (χ1) is 18.7. The van der Waals surface area contributed by atoms with Crippen molar-refractivity contribution < 1.29 is 22.7 Å². The monoisotopic (exact) mass is 581 g/mol. The molecule has 11 heteroatoms. The number of hydrogen-bond donors (Lipinski definition) is 1. The van der Waals surface area contributed by atoms with Gasteiger partial charge in [0.1, 0.15) is 12.3 Å². The van der Waals surface area contributed by atoms with E-state index < -0.39 is 28.4 Å². The number of rotatable bonds is 9. The summed E-state index contributed by atoms with van der Waals surface area (Å²) in [6, 6.07) is 27.0. The van der Waals surface area contributed by atoms with Crippen LogP contribution in [0.2, 0.25) is 10.0 Å². The lowest BCUT2D eigenvalue weighted by molar-refractivity contribution is -0.119. The maximum atomic E-state index is 13.4. The van der Waals surface area contributed by atoms with Crippen molar-refractivity contribution in [2.24, 2.45) is 5.10 Å². The summed E-state index contributed by atoms with van der Waals surface area (Å²) in [5, 5.41) is 4.29. The fourth-order valence-electron chi connectivity index (χ4n) is 3.38. The number of anilines is 1. The topological polar surface area (TPSA) is 105 Å². The molecule has 0 saturated heterocycles. The molecule has 0 atom stereocenters. The van der Waals surface area contributed by atoms with Gasteiger partial charge in [-0.15, -0.1) is 0 Å². The summed E-state index contributed by atoms with van der Waals surface area (Å²) in [4.78, 5) is 24.9. The van der Waals surface area contributed by atoms with Crippen molar-refractivity contribution in [1.82, 2.24) is 5.43 Å². The Morgan fingerprint density at radius 3 is 2.13 bits per heavy atom. The first kappa shape index (κ1) is 27.8. The van der Waals surface area contributed by atoms with Crippen molar-refractivity contribution in [1.29, 1.82) is 0 Å². The van der Waals surface area contributed by atoms with E-state index in [1.54, 1.807) is 72.8 Å². The van der Waals surface area contributed by atoms with Crippen molar-refractivity contribution in [3.8, 4) is 5.75 Å². The number of benzene rings is 4. The molecular formula is C28H21Cl2N3O5S. The van der Waals surface area contributed by atoms with Crippen LogP contribution in [0.15, 0.2) is 113 Å². The molecule has 4 aromatic carbocycles. The van der Waals surface area contributed by atoms with Gasteiger partial charge >= 0.3 is 5.97 Å². The third-order valence-electron chi connectivity index (χ3n) is 5.31. The number of hydrazone groups is 1. The minimum atomic E-state index is -4.11. The van der Waals surface area contributed by atoms with Crippen LogP contribution in [0.1, 0.15) is 15.9 Å². The fraction of sp³-hybridized carbons (Fsp3) is 0.0357. The van der Waals surface area contributed by atoms with Crippen molar-refractivity contribution in [3.63, 3.8) is 0 Å². The summed E-state index contributed by atoms with van der Waals surface area (Å²) in [5.41, 5.74) is 3.52. The minimum absolute atomic E-state index is 0.000397. The van der Waals surface area contributed by atoms with Crippen molar-refractivity contribution in [3.05, 3.63) is 124 Å². The smallest absolute Gasteiger partial charge is 0.343 e. The van der Waals surface area contributed by atoms with Gasteiger partial charge in [0.05, 0.1) is 32.4 Å². The number of carbonyl (C=O) groups is 2. The maximum absolute atomic E-state index is 13.4. The van der Waals surface area contributed by atoms with Crippen molar-refractivity contribution in [2.45, 2.75) is 4.90 Å². The van der Waals surface area contributed by atoms with Crippen LogP contribution in [-0.4, -0.2) is 33.1 Å². The number of halogens is 2. The Morgan fingerprint density at radius 1 is 0.846 bits per heavy atom. The second kappa shape index (κ2) is 12.6. The number of nitrogens with zero attached hydrogens (tertiary/aromatic N) is 2. The molecule has 1 N–H and O–H groups in total. The van der Waals surface area contributed by atoms with Crippen LogP contribution in [0.3, 0.4) is 0 Å². The molecule has 4 rings (SSSR count). The molecule has 0 aliphatic heterocycles. The zero-order valence-corrected chi connectivity index (χ0v) is 22.5. The molecule has 0 spiro atoms. The summed E-state index contributed by atoms with van der Waals surface area (Å²) in [5.74, 6) is -0.833. The van der Waals surface area contributed by atoms with Crippen LogP contribution in [0.5, 0.6) is 5.75 Å². The van der Waals surface area contributed by atoms with E-state index >= 15 is 0 Å². The minimum Gasteiger partial charge on any atom is -0.423 e. The van der Waals surface area contributed by atoms with Crippen molar-refractivity contribution >= 4 is 57.0 Å². The first-order valence-corrected chi connectivity index (χ1v) is 13.7. The Hall–Kier alpha value is -4.18. The standard InChI is InChI=1S/C28H21Cl2N3O5S/c29-25-16-13-22(17-26(25)30)33(39(36,37)24-9-5-2-6-10-24)19-27(34)32-31-18-20-11-14-23(15-12-20)38-28(35)21-7-3-1-4-8-21/h1-18H,19H2,(H,32,34)/b31-18-. The Bertz CT molecular complexity index is 1600. The lowest BCUT2D eigenvalue weighted by Gasteiger charge is -2.24. The number of nitrogens with one attached hydrogen (secondary N) is 1. The van der Waals surface area contributed by atoms with Gasteiger partial charge in [-0.1, -0.05) is 59.6 Å². The third kappa shape index (κ3) is 7.23. The van der Waals surface area contributed by atoms with E-state index in [1.807, 2.05) is 0 Å². The van der Waals surface area contributed by atoms with Gasteiger partial charge in [0.25, 0.3) is 15.9 Å². The summed E-state index contributed by atoms with van der Waals surface area (Å²) >= 11 is 12.1. The molecule has 0 aromatic heterocycles. The Morgan fingerprint density at radius 2 is 1.49 bits per heavy atom. The van der Waals surface area contributed by atoms with Gasteiger partial charge in [0, 0.05) is 0 Å². The molecule has 0 fully saturated rings.